The van der Waals surface area contributed by atoms with Gasteiger partial charge in [-0.1, -0.05) is 26.2 Å². The highest BCUT2D eigenvalue weighted by molar-refractivity contribution is 5.86. The van der Waals surface area contributed by atoms with E-state index in [2.05, 4.69) is 6.92 Å². The van der Waals surface area contributed by atoms with Crippen LogP contribution in [-0.2, 0) is 4.79 Å². The Morgan fingerprint density at radius 3 is 2.92 bits per heavy atom. The highest BCUT2D eigenvalue weighted by Gasteiger charge is 2.45. The van der Waals surface area contributed by atoms with Crippen molar-refractivity contribution in [3.63, 3.8) is 0 Å². The van der Waals surface area contributed by atoms with Gasteiger partial charge < -0.3 is 0 Å². The van der Waals surface area contributed by atoms with Crippen LogP contribution in [0.4, 0.5) is 0 Å². The standard InChI is InChI=1S/C11H18O/c1-11-8-4-2-3-5-9(11)6-7-10(11)12/h9H,2-8H2,1H3/t9-,11-/m0/s1. The van der Waals surface area contributed by atoms with E-state index in [1.54, 1.807) is 0 Å². The molecule has 2 fully saturated rings. The lowest BCUT2D eigenvalue weighted by atomic mass is 9.75. The fourth-order valence-corrected chi connectivity index (χ4v) is 3.00. The van der Waals surface area contributed by atoms with Crippen LogP contribution in [0.5, 0.6) is 0 Å². The van der Waals surface area contributed by atoms with Crippen LogP contribution < -0.4 is 0 Å². The van der Waals surface area contributed by atoms with Crippen molar-refractivity contribution < 1.29 is 4.79 Å². The van der Waals surface area contributed by atoms with E-state index in [4.69, 9.17) is 0 Å². The average Bonchev–Trinajstić information content (AvgIpc) is 2.24. The van der Waals surface area contributed by atoms with Crippen LogP contribution in [0, 0.1) is 11.3 Å². The number of fused-ring (bicyclic) bond motifs is 1. The van der Waals surface area contributed by atoms with Crippen molar-refractivity contribution in [2.45, 2.75) is 51.9 Å². The van der Waals surface area contributed by atoms with Gasteiger partial charge >= 0.3 is 0 Å². The molecule has 0 aliphatic heterocycles. The van der Waals surface area contributed by atoms with Crippen molar-refractivity contribution in [3.05, 3.63) is 0 Å². The van der Waals surface area contributed by atoms with Crippen molar-refractivity contribution in [3.8, 4) is 0 Å². The summed E-state index contributed by atoms with van der Waals surface area (Å²) in [5, 5.41) is 0. The Kier molecular flexibility index (Phi) is 1.97. The van der Waals surface area contributed by atoms with Gasteiger partial charge in [-0.2, -0.15) is 0 Å². The third kappa shape index (κ3) is 1.10. The van der Waals surface area contributed by atoms with Gasteiger partial charge in [0, 0.05) is 11.8 Å². The summed E-state index contributed by atoms with van der Waals surface area (Å²) in [4.78, 5) is 11.7. The van der Waals surface area contributed by atoms with Gasteiger partial charge in [-0.15, -0.1) is 0 Å². The van der Waals surface area contributed by atoms with Crippen LogP contribution in [0.25, 0.3) is 0 Å². The molecule has 0 aromatic rings. The van der Waals surface area contributed by atoms with Gasteiger partial charge in [0.25, 0.3) is 0 Å². The molecule has 2 rings (SSSR count). The lowest BCUT2D eigenvalue weighted by molar-refractivity contribution is -0.126. The molecule has 1 heteroatoms. The van der Waals surface area contributed by atoms with Crippen LogP contribution >= 0.6 is 0 Å². The number of carbonyl (C=O) groups is 1. The second-order valence-electron chi connectivity index (χ2n) is 4.68. The Balaban J connectivity index is 2.21. The van der Waals surface area contributed by atoms with Crippen molar-refractivity contribution in [1.82, 2.24) is 0 Å². The van der Waals surface area contributed by atoms with Crippen molar-refractivity contribution in [1.29, 1.82) is 0 Å². The van der Waals surface area contributed by atoms with Gasteiger partial charge in [-0.25, -0.2) is 0 Å². The third-order valence-corrected chi connectivity index (χ3v) is 4.01. The maximum Gasteiger partial charge on any atom is 0.139 e. The molecule has 0 heterocycles. The predicted molar refractivity (Wildman–Crippen MR) is 48.9 cm³/mol. The zero-order valence-electron chi connectivity index (χ0n) is 7.94. The Hall–Kier alpha value is -0.330. The molecule has 0 unspecified atom stereocenters. The largest absolute Gasteiger partial charge is 0.299 e. The molecule has 2 atom stereocenters. The SMILES string of the molecule is C[C@]12CCCCC[C@H]1CCC2=O. The van der Waals surface area contributed by atoms with Gasteiger partial charge in [0.2, 0.25) is 0 Å². The molecule has 0 radical (unpaired) electrons. The highest BCUT2D eigenvalue weighted by Crippen LogP contribution is 2.48. The first-order valence-electron chi connectivity index (χ1n) is 5.27. The minimum atomic E-state index is 0.0938. The van der Waals surface area contributed by atoms with E-state index in [0.717, 1.165) is 18.8 Å². The molecule has 0 aromatic heterocycles. The van der Waals surface area contributed by atoms with E-state index in [1.165, 1.54) is 32.1 Å². The van der Waals surface area contributed by atoms with E-state index in [1.807, 2.05) is 0 Å². The summed E-state index contributed by atoms with van der Waals surface area (Å²) in [5.74, 6) is 1.28. The van der Waals surface area contributed by atoms with Crippen LogP contribution in [0.2, 0.25) is 0 Å². The summed E-state index contributed by atoms with van der Waals surface area (Å²) in [6, 6.07) is 0. The Morgan fingerprint density at radius 1 is 1.25 bits per heavy atom. The number of hydrogen-bond donors (Lipinski definition) is 0. The topological polar surface area (TPSA) is 17.1 Å². The molecule has 0 spiro atoms. The summed E-state index contributed by atoms with van der Waals surface area (Å²) in [7, 11) is 0. The van der Waals surface area contributed by atoms with Gasteiger partial charge in [-0.3, -0.25) is 4.79 Å². The minimum Gasteiger partial charge on any atom is -0.299 e. The highest BCUT2D eigenvalue weighted by atomic mass is 16.1. The zero-order chi connectivity index (χ0) is 8.60. The zero-order valence-corrected chi connectivity index (χ0v) is 7.94. The maximum absolute atomic E-state index is 11.7. The molecule has 68 valence electrons. The quantitative estimate of drug-likeness (QED) is 0.540. The summed E-state index contributed by atoms with van der Waals surface area (Å²) >= 11 is 0. The van der Waals surface area contributed by atoms with Gasteiger partial charge in [0.1, 0.15) is 5.78 Å². The van der Waals surface area contributed by atoms with Crippen LogP contribution in [0.3, 0.4) is 0 Å². The molecule has 0 amide bonds. The fraction of sp³-hybridized carbons (Fsp3) is 0.909. The second kappa shape index (κ2) is 2.86. The summed E-state index contributed by atoms with van der Waals surface area (Å²) in [6.45, 7) is 2.21. The van der Waals surface area contributed by atoms with Gasteiger partial charge in [0.15, 0.2) is 0 Å². The number of Topliss-reactive ketones (excluding diaryl/α,β-unsaturated/α-hetero) is 1. The third-order valence-electron chi connectivity index (χ3n) is 4.01. The first-order valence-corrected chi connectivity index (χ1v) is 5.27. The number of ketones is 1. The first-order chi connectivity index (χ1) is 5.73. The second-order valence-corrected chi connectivity index (χ2v) is 4.68. The van der Waals surface area contributed by atoms with Crippen molar-refractivity contribution in [2.75, 3.05) is 0 Å². The molecule has 2 saturated carbocycles. The van der Waals surface area contributed by atoms with E-state index in [0.29, 0.717) is 5.78 Å². The van der Waals surface area contributed by atoms with Crippen LogP contribution in [0.15, 0.2) is 0 Å². The molecular formula is C11H18O. The van der Waals surface area contributed by atoms with Crippen molar-refractivity contribution in [2.24, 2.45) is 11.3 Å². The number of hydrogen-bond acceptors (Lipinski definition) is 1. The smallest absolute Gasteiger partial charge is 0.139 e. The van der Waals surface area contributed by atoms with E-state index in [9.17, 15) is 4.79 Å². The summed E-state index contributed by atoms with van der Waals surface area (Å²) < 4.78 is 0. The van der Waals surface area contributed by atoms with Gasteiger partial charge in [0.05, 0.1) is 0 Å². The molecule has 0 aromatic carbocycles. The minimum absolute atomic E-state index is 0.0938. The van der Waals surface area contributed by atoms with Crippen LogP contribution in [0.1, 0.15) is 51.9 Å². The average molecular weight is 166 g/mol. The molecule has 2 aliphatic carbocycles. The molecule has 0 bridgehead atoms. The molecule has 2 aliphatic rings. The summed E-state index contributed by atoms with van der Waals surface area (Å²) in [6.07, 6.45) is 8.49. The molecule has 1 nitrogen and oxygen atoms in total. The fourth-order valence-electron chi connectivity index (χ4n) is 3.00. The molecular weight excluding hydrogens is 148 g/mol. The lowest BCUT2D eigenvalue weighted by Gasteiger charge is -2.27. The van der Waals surface area contributed by atoms with E-state index >= 15 is 0 Å². The van der Waals surface area contributed by atoms with Crippen molar-refractivity contribution >= 4 is 5.78 Å². The maximum atomic E-state index is 11.7. The number of rotatable bonds is 0. The molecule has 0 N–H and O–H groups in total. The normalized spacial score (nSPS) is 42.4. The summed E-state index contributed by atoms with van der Waals surface area (Å²) in [5.41, 5.74) is 0.0938. The lowest BCUT2D eigenvalue weighted by Crippen LogP contribution is -2.27. The van der Waals surface area contributed by atoms with E-state index in [-0.39, 0.29) is 5.41 Å². The monoisotopic (exact) mass is 166 g/mol. The predicted octanol–water partition coefficient (Wildman–Crippen LogP) is 2.94. The Morgan fingerprint density at radius 2 is 2.08 bits per heavy atom. The Bertz CT molecular complexity index is 197. The number of carbonyl (C=O) groups excluding carboxylic acids is 1. The molecule has 12 heavy (non-hydrogen) atoms. The van der Waals surface area contributed by atoms with E-state index < -0.39 is 0 Å². The molecule has 0 saturated heterocycles. The Labute approximate surface area is 74.5 Å². The van der Waals surface area contributed by atoms with Crippen LogP contribution in [-0.4, -0.2) is 5.78 Å². The first kappa shape index (κ1) is 8.28. The van der Waals surface area contributed by atoms with Gasteiger partial charge in [-0.05, 0) is 25.2 Å².